The fourth-order valence-corrected chi connectivity index (χ4v) is 0.230. The second kappa shape index (κ2) is 6.08. The molecule has 44 valence electrons. The van der Waals surface area contributed by atoms with Crippen LogP contribution in [0.4, 0.5) is 0 Å². The molecule has 0 bridgehead atoms. The quantitative estimate of drug-likeness (QED) is 0.381. The molecule has 0 radical (unpaired) electrons. The van der Waals surface area contributed by atoms with Crippen LogP contribution in [0.15, 0.2) is 22.4 Å². The van der Waals surface area contributed by atoms with Gasteiger partial charge in [-0.1, -0.05) is 6.08 Å². The third-order valence-corrected chi connectivity index (χ3v) is 0.527. The van der Waals surface area contributed by atoms with Crippen molar-refractivity contribution in [1.82, 2.24) is 0 Å². The maximum atomic E-state index is 3.64. The van der Waals surface area contributed by atoms with Gasteiger partial charge >= 0.3 is 0 Å². The van der Waals surface area contributed by atoms with Gasteiger partial charge in [-0.3, -0.25) is 0 Å². The van der Waals surface area contributed by atoms with Gasteiger partial charge in [-0.25, -0.2) is 0 Å². The van der Waals surface area contributed by atoms with E-state index in [0.29, 0.717) is 0 Å². The van der Waals surface area contributed by atoms with Crippen LogP contribution in [0.5, 0.6) is 0 Å². The van der Waals surface area contributed by atoms with Crippen LogP contribution in [-0.2, 0) is 0 Å². The van der Waals surface area contributed by atoms with E-state index >= 15 is 0 Å². The van der Waals surface area contributed by atoms with E-state index in [2.05, 4.69) is 10.2 Å². The lowest BCUT2D eigenvalue weighted by atomic mass is 10.6. The standard InChI is InChI=1S/C6H10N2/c1-3-5-6-8-7-4-2/h3-6H,1-2H3/b5-3-,7-4-,8-6-. The lowest BCUT2D eigenvalue weighted by Crippen LogP contribution is -1.60. The largest absolute Gasteiger partial charge is 0.164 e. The Morgan fingerprint density at radius 1 is 1.12 bits per heavy atom. The first-order valence-corrected chi connectivity index (χ1v) is 2.54. The Morgan fingerprint density at radius 3 is 2.38 bits per heavy atom. The maximum Gasteiger partial charge on any atom is 0.0492 e. The molecule has 2 nitrogen and oxygen atoms in total. The zero-order valence-electron chi connectivity index (χ0n) is 5.20. The highest BCUT2D eigenvalue weighted by molar-refractivity contribution is 5.71. The van der Waals surface area contributed by atoms with E-state index in [0.717, 1.165) is 0 Å². The van der Waals surface area contributed by atoms with Crippen LogP contribution in [0.2, 0.25) is 0 Å². The summed E-state index contributed by atoms with van der Waals surface area (Å²) in [5.74, 6) is 0. The fraction of sp³-hybridized carbons (Fsp3) is 0.333. The van der Waals surface area contributed by atoms with Crippen LogP contribution < -0.4 is 0 Å². The second-order valence-corrected chi connectivity index (χ2v) is 1.16. The summed E-state index contributed by atoms with van der Waals surface area (Å²) in [6.07, 6.45) is 7.00. The van der Waals surface area contributed by atoms with E-state index in [1.165, 1.54) is 0 Å². The minimum atomic E-state index is 1.64. The molecular weight excluding hydrogens is 100 g/mol. The highest BCUT2D eigenvalue weighted by Crippen LogP contribution is 1.67. The van der Waals surface area contributed by atoms with Gasteiger partial charge in [0.05, 0.1) is 0 Å². The van der Waals surface area contributed by atoms with Crippen LogP contribution >= 0.6 is 0 Å². The number of hydrogen-bond acceptors (Lipinski definition) is 2. The number of hydrogen-bond donors (Lipinski definition) is 0. The number of allylic oxidation sites excluding steroid dienone is 2. The van der Waals surface area contributed by atoms with Crippen molar-refractivity contribution >= 4 is 12.4 Å². The molecule has 0 saturated heterocycles. The molecule has 0 N–H and O–H groups in total. The van der Waals surface area contributed by atoms with Gasteiger partial charge in [0.25, 0.3) is 0 Å². The summed E-state index contributed by atoms with van der Waals surface area (Å²) >= 11 is 0. The van der Waals surface area contributed by atoms with Crippen LogP contribution in [0.3, 0.4) is 0 Å². The normalized spacial score (nSPS) is 12.8. The molecule has 0 aromatic rings. The molecule has 0 aliphatic rings. The van der Waals surface area contributed by atoms with Gasteiger partial charge in [0.15, 0.2) is 0 Å². The van der Waals surface area contributed by atoms with E-state index in [-0.39, 0.29) is 0 Å². The summed E-state index contributed by atoms with van der Waals surface area (Å²) in [6, 6.07) is 0. The summed E-state index contributed by atoms with van der Waals surface area (Å²) < 4.78 is 0. The zero-order chi connectivity index (χ0) is 6.24. The molecule has 2 heteroatoms. The molecule has 0 fully saturated rings. The summed E-state index contributed by atoms with van der Waals surface area (Å²) in [7, 11) is 0. The Hall–Kier alpha value is -0.920. The summed E-state index contributed by atoms with van der Waals surface area (Å²) in [5, 5.41) is 7.24. The van der Waals surface area contributed by atoms with Gasteiger partial charge < -0.3 is 0 Å². The van der Waals surface area contributed by atoms with Crippen LogP contribution in [0.1, 0.15) is 13.8 Å². The van der Waals surface area contributed by atoms with Crippen molar-refractivity contribution in [2.24, 2.45) is 10.2 Å². The molecule has 0 atom stereocenters. The van der Waals surface area contributed by atoms with Crippen molar-refractivity contribution in [3.63, 3.8) is 0 Å². The molecule has 0 saturated carbocycles. The Kier molecular flexibility index (Phi) is 5.38. The summed E-state index contributed by atoms with van der Waals surface area (Å²) in [6.45, 7) is 3.76. The Bertz CT molecular complexity index is 97.7. The van der Waals surface area contributed by atoms with Crippen molar-refractivity contribution in [3.05, 3.63) is 12.2 Å². The first kappa shape index (κ1) is 7.08. The van der Waals surface area contributed by atoms with Crippen molar-refractivity contribution < 1.29 is 0 Å². The molecule has 0 aliphatic heterocycles. The van der Waals surface area contributed by atoms with Gasteiger partial charge in [0.2, 0.25) is 0 Å². The topological polar surface area (TPSA) is 24.7 Å². The van der Waals surface area contributed by atoms with E-state index in [1.54, 1.807) is 12.4 Å². The van der Waals surface area contributed by atoms with E-state index < -0.39 is 0 Å². The van der Waals surface area contributed by atoms with Crippen LogP contribution in [0.25, 0.3) is 0 Å². The Labute approximate surface area is 49.6 Å². The lowest BCUT2D eigenvalue weighted by molar-refractivity contribution is 1.27. The van der Waals surface area contributed by atoms with Gasteiger partial charge in [0.1, 0.15) is 0 Å². The lowest BCUT2D eigenvalue weighted by Gasteiger charge is -1.68. The molecule has 0 unspecified atom stereocenters. The van der Waals surface area contributed by atoms with Crippen molar-refractivity contribution in [2.45, 2.75) is 13.8 Å². The van der Waals surface area contributed by atoms with E-state index in [4.69, 9.17) is 0 Å². The molecule has 0 rings (SSSR count). The maximum absolute atomic E-state index is 3.64. The van der Waals surface area contributed by atoms with Crippen molar-refractivity contribution in [3.8, 4) is 0 Å². The van der Waals surface area contributed by atoms with Crippen LogP contribution in [0, 0.1) is 0 Å². The molecule has 0 heterocycles. The minimum Gasteiger partial charge on any atom is -0.164 e. The molecule has 0 aromatic carbocycles. The third kappa shape index (κ3) is 5.08. The second-order valence-electron chi connectivity index (χ2n) is 1.16. The van der Waals surface area contributed by atoms with Gasteiger partial charge in [-0.2, -0.15) is 10.2 Å². The van der Waals surface area contributed by atoms with Crippen LogP contribution in [-0.4, -0.2) is 12.4 Å². The first-order valence-electron chi connectivity index (χ1n) is 2.54. The highest BCUT2D eigenvalue weighted by Gasteiger charge is 1.55. The van der Waals surface area contributed by atoms with E-state index in [1.807, 2.05) is 26.0 Å². The van der Waals surface area contributed by atoms with Gasteiger partial charge in [0, 0.05) is 12.4 Å². The number of nitrogens with zero attached hydrogens (tertiary/aromatic N) is 2. The average Bonchev–Trinajstić information content (AvgIpc) is 1.81. The smallest absolute Gasteiger partial charge is 0.0492 e. The minimum absolute atomic E-state index is 1.64. The zero-order valence-corrected chi connectivity index (χ0v) is 5.20. The monoisotopic (exact) mass is 110 g/mol. The summed E-state index contributed by atoms with van der Waals surface area (Å²) in [4.78, 5) is 0. The predicted octanol–water partition coefficient (Wildman–Crippen LogP) is 1.64. The molecule has 0 amide bonds. The molecule has 0 aromatic heterocycles. The average molecular weight is 110 g/mol. The SMILES string of the molecule is C\C=C/C=N\N=C/C. The van der Waals surface area contributed by atoms with Crippen molar-refractivity contribution in [1.29, 1.82) is 0 Å². The van der Waals surface area contributed by atoms with E-state index in [9.17, 15) is 0 Å². The fourth-order valence-electron chi connectivity index (χ4n) is 0.230. The molecule has 8 heavy (non-hydrogen) atoms. The first-order chi connectivity index (χ1) is 3.91. The van der Waals surface area contributed by atoms with Gasteiger partial charge in [-0.15, -0.1) is 0 Å². The third-order valence-electron chi connectivity index (χ3n) is 0.527. The van der Waals surface area contributed by atoms with Gasteiger partial charge in [-0.05, 0) is 19.9 Å². The van der Waals surface area contributed by atoms with Crippen molar-refractivity contribution in [2.75, 3.05) is 0 Å². The number of rotatable bonds is 2. The predicted molar refractivity (Wildman–Crippen MR) is 37.5 cm³/mol. The Morgan fingerprint density at radius 2 is 1.88 bits per heavy atom. The molecule has 0 spiro atoms. The highest BCUT2D eigenvalue weighted by atomic mass is 15.2. The molecule has 0 aliphatic carbocycles. The molecular formula is C6H10N2. The Balaban J connectivity index is 3.35. The summed E-state index contributed by atoms with van der Waals surface area (Å²) in [5.41, 5.74) is 0.